The number of anilines is 3. The van der Waals surface area contributed by atoms with Gasteiger partial charge in [-0.05, 0) is 79.2 Å². The molecule has 0 radical (unpaired) electrons. The first-order chi connectivity index (χ1) is 21.4. The van der Waals surface area contributed by atoms with E-state index in [1.165, 1.54) is 30.2 Å². The highest BCUT2D eigenvalue weighted by molar-refractivity contribution is 7.14. The third-order valence-electron chi connectivity index (χ3n) is 6.30. The predicted molar refractivity (Wildman–Crippen MR) is 176 cm³/mol. The van der Waals surface area contributed by atoms with Gasteiger partial charge in [-0.15, -0.1) is 11.3 Å². The zero-order chi connectivity index (χ0) is 30.9. The van der Waals surface area contributed by atoms with Crippen LogP contribution >= 0.6 is 22.9 Å². The van der Waals surface area contributed by atoms with Crippen LogP contribution in [0.4, 0.5) is 16.5 Å². The molecular weight excluding hydrogens is 598 g/mol. The maximum absolute atomic E-state index is 12.7. The molecule has 11 heteroatoms. The third-order valence-corrected chi connectivity index (χ3v) is 7.31. The van der Waals surface area contributed by atoms with E-state index in [2.05, 4.69) is 26.1 Å². The second-order valence-corrected chi connectivity index (χ2v) is 10.9. The van der Waals surface area contributed by atoms with Gasteiger partial charge in [0, 0.05) is 32.9 Å². The monoisotopic (exact) mass is 625 g/mol. The zero-order valence-corrected chi connectivity index (χ0v) is 25.4. The Morgan fingerprint density at radius 1 is 0.932 bits per heavy atom. The second kappa shape index (κ2) is 14.3. The molecular formula is C33H28ClN5O4S. The Balaban J connectivity index is 1.12. The lowest BCUT2D eigenvalue weighted by atomic mass is 10.1. The fourth-order valence-electron chi connectivity index (χ4n) is 4.00. The summed E-state index contributed by atoms with van der Waals surface area (Å²) in [6, 6.07) is 27.1. The molecule has 0 aliphatic rings. The van der Waals surface area contributed by atoms with Gasteiger partial charge in [0.05, 0.1) is 19.0 Å². The van der Waals surface area contributed by atoms with Crippen LogP contribution in [0.5, 0.6) is 11.5 Å². The molecule has 5 aromatic rings. The molecule has 3 N–H and O–H groups in total. The fourth-order valence-corrected chi connectivity index (χ4v) is 4.87. The number of hydrogen-bond acceptors (Lipinski definition) is 8. The molecule has 44 heavy (non-hydrogen) atoms. The van der Waals surface area contributed by atoms with Gasteiger partial charge in [-0.25, -0.2) is 10.4 Å². The maximum atomic E-state index is 12.7. The number of aromatic nitrogens is 1. The lowest BCUT2D eigenvalue weighted by molar-refractivity contribution is -0.118. The molecule has 0 saturated carbocycles. The molecule has 0 aliphatic carbocycles. The van der Waals surface area contributed by atoms with Gasteiger partial charge in [0.15, 0.2) is 23.2 Å². The highest BCUT2D eigenvalue weighted by Crippen LogP contribution is 2.29. The molecule has 0 fully saturated rings. The first-order valence-electron chi connectivity index (χ1n) is 13.5. The number of hydrogen-bond donors (Lipinski definition) is 3. The smallest absolute Gasteiger partial charge is 0.271 e. The van der Waals surface area contributed by atoms with Crippen LogP contribution in [0, 0.1) is 6.92 Å². The summed E-state index contributed by atoms with van der Waals surface area (Å²) >= 11 is 7.38. The van der Waals surface area contributed by atoms with E-state index < -0.39 is 0 Å². The van der Waals surface area contributed by atoms with Crippen LogP contribution in [0.1, 0.15) is 21.5 Å². The topological polar surface area (TPSA) is 114 Å². The Morgan fingerprint density at radius 3 is 2.39 bits per heavy atom. The summed E-state index contributed by atoms with van der Waals surface area (Å²) in [5.74, 6) is 0.112. The van der Waals surface area contributed by atoms with Gasteiger partial charge in [0.1, 0.15) is 0 Å². The Labute approximate surface area is 263 Å². The zero-order valence-electron chi connectivity index (χ0n) is 23.8. The van der Waals surface area contributed by atoms with Gasteiger partial charge < -0.3 is 20.1 Å². The van der Waals surface area contributed by atoms with Gasteiger partial charge in [0.2, 0.25) is 0 Å². The number of carbonyl (C=O) groups is 2. The molecule has 222 valence electrons. The van der Waals surface area contributed by atoms with Crippen LogP contribution in [-0.4, -0.2) is 36.7 Å². The molecule has 0 atom stereocenters. The minimum absolute atomic E-state index is 0.213. The molecule has 0 bridgehead atoms. The normalized spacial score (nSPS) is 10.8. The molecule has 1 aromatic heterocycles. The van der Waals surface area contributed by atoms with Gasteiger partial charge in [-0.1, -0.05) is 41.4 Å². The van der Waals surface area contributed by atoms with Crippen LogP contribution in [0.3, 0.4) is 0 Å². The van der Waals surface area contributed by atoms with Crippen LogP contribution in [0.15, 0.2) is 101 Å². The first kappa shape index (κ1) is 30.3. The number of thiazole rings is 1. The number of amides is 2. The van der Waals surface area contributed by atoms with Crippen molar-refractivity contribution in [2.45, 2.75) is 6.92 Å². The summed E-state index contributed by atoms with van der Waals surface area (Å²) in [4.78, 5) is 29.6. The molecule has 0 aliphatic heterocycles. The standard InChI is InChI=1S/C33H28ClN5O4S/c1-21-3-12-27(13-4-21)37-33-38-28(20-44-33)23-6-8-24(9-7-23)32(41)39-35-18-22-5-16-29(30(17-22)42-2)43-19-31(40)36-26-14-10-25(34)11-15-26/h3-18,20H,19H2,1-2H3,(H,36,40)(H,37,38)(H,39,41)/b35-18+. The summed E-state index contributed by atoms with van der Waals surface area (Å²) < 4.78 is 11.0. The van der Waals surface area contributed by atoms with Crippen molar-refractivity contribution in [3.63, 3.8) is 0 Å². The quantitative estimate of drug-likeness (QED) is 0.105. The fraction of sp³-hybridized carbons (Fsp3) is 0.0909. The number of aryl methyl sites for hydroxylation is 1. The summed E-state index contributed by atoms with van der Waals surface area (Å²) in [5.41, 5.74) is 8.15. The van der Waals surface area contributed by atoms with E-state index in [-0.39, 0.29) is 18.4 Å². The number of nitrogens with one attached hydrogen (secondary N) is 3. The summed E-state index contributed by atoms with van der Waals surface area (Å²) in [6.45, 7) is 1.83. The lowest BCUT2D eigenvalue weighted by Crippen LogP contribution is -2.20. The van der Waals surface area contributed by atoms with Crippen molar-refractivity contribution < 1.29 is 19.1 Å². The van der Waals surface area contributed by atoms with Gasteiger partial charge in [0.25, 0.3) is 11.8 Å². The average molecular weight is 626 g/mol. The van der Waals surface area contributed by atoms with Crippen molar-refractivity contribution in [2.75, 3.05) is 24.4 Å². The van der Waals surface area contributed by atoms with E-state index in [9.17, 15) is 9.59 Å². The number of methoxy groups -OCH3 is 1. The lowest BCUT2D eigenvalue weighted by Gasteiger charge is -2.11. The number of ether oxygens (including phenoxy) is 2. The molecule has 0 unspecified atom stereocenters. The number of hydrazone groups is 1. The predicted octanol–water partition coefficient (Wildman–Crippen LogP) is 7.31. The van der Waals surface area contributed by atoms with Crippen molar-refractivity contribution >= 4 is 57.5 Å². The maximum Gasteiger partial charge on any atom is 0.271 e. The first-order valence-corrected chi connectivity index (χ1v) is 14.7. The van der Waals surface area contributed by atoms with Crippen molar-refractivity contribution in [3.05, 3.63) is 118 Å². The van der Waals surface area contributed by atoms with Crippen molar-refractivity contribution in [3.8, 4) is 22.8 Å². The third kappa shape index (κ3) is 8.21. The van der Waals surface area contributed by atoms with Crippen LogP contribution in [-0.2, 0) is 4.79 Å². The number of halogens is 1. The number of rotatable bonds is 11. The van der Waals surface area contributed by atoms with Crippen LogP contribution < -0.4 is 25.5 Å². The summed E-state index contributed by atoms with van der Waals surface area (Å²) in [5, 5.41) is 13.4. The van der Waals surface area contributed by atoms with Gasteiger partial charge >= 0.3 is 0 Å². The molecule has 9 nitrogen and oxygen atoms in total. The number of nitrogens with zero attached hydrogens (tertiary/aromatic N) is 2. The van der Waals surface area contributed by atoms with E-state index in [1.54, 1.807) is 54.6 Å². The molecule has 5 rings (SSSR count). The van der Waals surface area contributed by atoms with Crippen LogP contribution in [0.2, 0.25) is 5.02 Å². The Hall–Kier alpha value is -5.19. The van der Waals surface area contributed by atoms with Gasteiger partial charge in [-0.2, -0.15) is 5.10 Å². The van der Waals surface area contributed by atoms with Crippen LogP contribution in [0.25, 0.3) is 11.3 Å². The minimum atomic E-state index is -0.355. The van der Waals surface area contributed by atoms with E-state index in [1.807, 2.05) is 48.7 Å². The van der Waals surface area contributed by atoms with E-state index in [4.69, 9.17) is 21.1 Å². The Morgan fingerprint density at radius 2 is 1.66 bits per heavy atom. The average Bonchev–Trinajstić information content (AvgIpc) is 3.51. The summed E-state index contributed by atoms with van der Waals surface area (Å²) in [7, 11) is 1.50. The largest absolute Gasteiger partial charge is 0.493 e. The molecule has 0 saturated heterocycles. The van der Waals surface area contributed by atoms with E-state index in [0.29, 0.717) is 33.3 Å². The van der Waals surface area contributed by atoms with E-state index in [0.717, 1.165) is 22.1 Å². The summed E-state index contributed by atoms with van der Waals surface area (Å²) in [6.07, 6.45) is 1.49. The minimum Gasteiger partial charge on any atom is -0.493 e. The number of carbonyl (C=O) groups excluding carboxylic acids is 2. The highest BCUT2D eigenvalue weighted by Gasteiger charge is 2.10. The molecule has 2 amide bonds. The van der Waals surface area contributed by atoms with E-state index >= 15 is 0 Å². The number of benzene rings is 4. The Bertz CT molecular complexity index is 1770. The van der Waals surface area contributed by atoms with Crippen molar-refractivity contribution in [2.24, 2.45) is 5.10 Å². The second-order valence-electron chi connectivity index (χ2n) is 9.56. The highest BCUT2D eigenvalue weighted by atomic mass is 35.5. The molecule has 4 aromatic carbocycles. The van der Waals surface area contributed by atoms with Crippen molar-refractivity contribution in [1.29, 1.82) is 0 Å². The van der Waals surface area contributed by atoms with Crippen molar-refractivity contribution in [1.82, 2.24) is 10.4 Å². The molecule has 0 spiro atoms. The molecule has 1 heterocycles. The SMILES string of the molecule is COc1cc(/C=N/NC(=O)c2ccc(-c3csc(Nc4ccc(C)cc4)n3)cc2)ccc1OCC(=O)Nc1ccc(Cl)cc1. The van der Waals surface area contributed by atoms with Gasteiger partial charge in [-0.3, -0.25) is 9.59 Å². The Kier molecular flexibility index (Phi) is 9.85.